The molecule has 1 aromatic carbocycles. The van der Waals surface area contributed by atoms with Gasteiger partial charge in [-0.25, -0.2) is 4.98 Å². The predicted octanol–water partition coefficient (Wildman–Crippen LogP) is 4.35. The summed E-state index contributed by atoms with van der Waals surface area (Å²) in [4.78, 5) is 30.3. The molecule has 2 heterocycles. The van der Waals surface area contributed by atoms with Crippen LogP contribution in [0.25, 0.3) is 21.3 Å². The molecule has 0 amide bonds. The number of nitrogens with zero attached hydrogens (tertiary/aromatic N) is 2. The quantitative estimate of drug-likeness (QED) is 0.602. The van der Waals surface area contributed by atoms with Crippen LogP contribution in [0.4, 0.5) is 0 Å². The highest BCUT2D eigenvalue weighted by molar-refractivity contribution is 7.17. The Bertz CT molecular complexity index is 1080. The van der Waals surface area contributed by atoms with Crippen molar-refractivity contribution in [2.75, 3.05) is 0 Å². The number of thiophene rings is 1. The molecule has 1 atom stereocenters. The fraction of sp³-hybridized carbons (Fsp3) is 0.409. The zero-order chi connectivity index (χ0) is 19.7. The van der Waals surface area contributed by atoms with Gasteiger partial charge in [-0.05, 0) is 55.7 Å². The summed E-state index contributed by atoms with van der Waals surface area (Å²) in [5, 5.41) is 2.57. The summed E-state index contributed by atoms with van der Waals surface area (Å²) in [7, 11) is 0. The van der Waals surface area contributed by atoms with Crippen molar-refractivity contribution >= 4 is 27.5 Å². The van der Waals surface area contributed by atoms with E-state index in [4.69, 9.17) is 4.74 Å². The molecule has 0 fully saturated rings. The first-order valence-electron chi connectivity index (χ1n) is 9.85. The van der Waals surface area contributed by atoms with Gasteiger partial charge in [-0.2, -0.15) is 0 Å². The van der Waals surface area contributed by atoms with Crippen LogP contribution >= 0.6 is 11.3 Å². The van der Waals surface area contributed by atoms with Crippen LogP contribution in [0, 0.1) is 0 Å². The fourth-order valence-corrected chi connectivity index (χ4v) is 4.58. The van der Waals surface area contributed by atoms with E-state index < -0.39 is 5.97 Å². The Kier molecular flexibility index (Phi) is 5.31. The van der Waals surface area contributed by atoms with Crippen molar-refractivity contribution in [3.63, 3.8) is 0 Å². The average Bonchev–Trinajstić information content (AvgIpc) is 3.14. The number of rotatable bonds is 5. The van der Waals surface area contributed by atoms with E-state index in [0.29, 0.717) is 10.2 Å². The predicted molar refractivity (Wildman–Crippen MR) is 112 cm³/mol. The van der Waals surface area contributed by atoms with E-state index in [9.17, 15) is 9.59 Å². The average molecular weight is 397 g/mol. The van der Waals surface area contributed by atoms with E-state index in [1.54, 1.807) is 0 Å². The van der Waals surface area contributed by atoms with Gasteiger partial charge in [0.15, 0.2) is 0 Å². The lowest BCUT2D eigenvalue weighted by Crippen LogP contribution is -2.27. The summed E-state index contributed by atoms with van der Waals surface area (Å²) in [5.41, 5.74) is 4.55. The Morgan fingerprint density at radius 3 is 2.86 bits per heavy atom. The van der Waals surface area contributed by atoms with E-state index >= 15 is 0 Å². The minimum atomic E-state index is -0.414. The number of fused-ring (bicyclic) bond motifs is 2. The van der Waals surface area contributed by atoms with Crippen LogP contribution < -0.4 is 5.56 Å². The van der Waals surface area contributed by atoms with E-state index in [1.807, 2.05) is 19.2 Å². The molecule has 146 valence electrons. The molecular formula is C22H24N2O3S. The second-order valence-corrected chi connectivity index (χ2v) is 8.26. The van der Waals surface area contributed by atoms with Crippen molar-refractivity contribution in [2.24, 2.45) is 0 Å². The molecular weight excluding hydrogens is 372 g/mol. The Morgan fingerprint density at radius 1 is 1.29 bits per heavy atom. The summed E-state index contributed by atoms with van der Waals surface area (Å²) >= 11 is 1.46. The van der Waals surface area contributed by atoms with Crippen molar-refractivity contribution < 1.29 is 9.53 Å². The van der Waals surface area contributed by atoms with Crippen LogP contribution in [-0.4, -0.2) is 21.6 Å². The lowest BCUT2D eigenvalue weighted by atomic mass is 9.89. The number of benzene rings is 1. The molecule has 0 N–H and O–H groups in total. The van der Waals surface area contributed by atoms with E-state index in [-0.39, 0.29) is 18.2 Å². The summed E-state index contributed by atoms with van der Waals surface area (Å²) in [6, 6.07) is 6.50. The highest BCUT2D eigenvalue weighted by atomic mass is 32.1. The van der Waals surface area contributed by atoms with Gasteiger partial charge in [0, 0.05) is 10.9 Å². The molecule has 1 aliphatic rings. The summed E-state index contributed by atoms with van der Waals surface area (Å²) < 4.78 is 6.65. The van der Waals surface area contributed by atoms with E-state index in [0.717, 1.165) is 30.4 Å². The summed E-state index contributed by atoms with van der Waals surface area (Å²) in [5.74, 6) is -0.414. The third kappa shape index (κ3) is 3.61. The SMILES string of the molecule is CC[C@H](C)OC(=O)Cn1cnc2scc(-c3ccc4c(c3)CCCC4)c2c1=O. The van der Waals surface area contributed by atoms with Crippen molar-refractivity contribution in [3.05, 3.63) is 51.4 Å². The van der Waals surface area contributed by atoms with Gasteiger partial charge in [-0.3, -0.25) is 14.2 Å². The molecule has 28 heavy (non-hydrogen) atoms. The van der Waals surface area contributed by atoms with Crippen molar-refractivity contribution in [1.82, 2.24) is 9.55 Å². The Morgan fingerprint density at radius 2 is 2.07 bits per heavy atom. The lowest BCUT2D eigenvalue weighted by molar-refractivity contribution is -0.149. The topological polar surface area (TPSA) is 61.2 Å². The number of aromatic nitrogens is 2. The lowest BCUT2D eigenvalue weighted by Gasteiger charge is -2.16. The number of aryl methyl sites for hydroxylation is 2. The molecule has 4 rings (SSSR count). The van der Waals surface area contributed by atoms with E-state index in [1.165, 1.54) is 46.2 Å². The number of carbonyl (C=O) groups excluding carboxylic acids is 1. The molecule has 0 unspecified atom stereocenters. The maximum Gasteiger partial charge on any atom is 0.326 e. The minimum absolute atomic E-state index is 0.119. The van der Waals surface area contributed by atoms with Crippen LogP contribution in [0.1, 0.15) is 44.2 Å². The molecule has 1 aliphatic carbocycles. The van der Waals surface area contributed by atoms with Crippen LogP contribution in [0.5, 0.6) is 0 Å². The second-order valence-electron chi connectivity index (χ2n) is 7.41. The highest BCUT2D eigenvalue weighted by Crippen LogP contribution is 2.33. The molecule has 0 spiro atoms. The molecule has 3 aromatic rings. The maximum atomic E-state index is 13.1. The number of hydrogen-bond acceptors (Lipinski definition) is 5. The van der Waals surface area contributed by atoms with Gasteiger partial charge in [-0.15, -0.1) is 11.3 Å². The van der Waals surface area contributed by atoms with Crippen LogP contribution in [0.3, 0.4) is 0 Å². The first-order valence-corrected chi connectivity index (χ1v) is 10.7. The van der Waals surface area contributed by atoms with Crippen LogP contribution in [-0.2, 0) is 28.9 Å². The third-order valence-electron chi connectivity index (χ3n) is 5.43. The Balaban J connectivity index is 1.71. The summed E-state index contributed by atoms with van der Waals surface area (Å²) in [6.45, 7) is 3.68. The number of esters is 1. The molecule has 0 saturated carbocycles. The Hall–Kier alpha value is -2.47. The van der Waals surface area contributed by atoms with Gasteiger partial charge in [0.2, 0.25) is 0 Å². The fourth-order valence-electron chi connectivity index (χ4n) is 3.68. The van der Waals surface area contributed by atoms with Gasteiger partial charge in [-0.1, -0.05) is 25.1 Å². The van der Waals surface area contributed by atoms with Crippen LogP contribution in [0.15, 0.2) is 34.7 Å². The smallest absolute Gasteiger partial charge is 0.326 e. The molecule has 6 heteroatoms. The normalized spacial score (nSPS) is 14.6. The van der Waals surface area contributed by atoms with Gasteiger partial charge < -0.3 is 4.74 Å². The van der Waals surface area contributed by atoms with Crippen molar-refractivity contribution in [2.45, 2.75) is 58.6 Å². The third-order valence-corrected chi connectivity index (χ3v) is 6.31. The number of carbonyl (C=O) groups is 1. The van der Waals surface area contributed by atoms with E-state index in [2.05, 4.69) is 23.2 Å². The Labute approximate surface area is 168 Å². The standard InChI is InChI=1S/C22H24N2O3S/c1-3-14(2)27-19(25)11-24-13-23-21-20(22(24)26)18(12-28-21)17-9-8-15-6-4-5-7-16(15)10-17/h8-10,12-14H,3-7,11H2,1-2H3/t14-/m0/s1. The van der Waals surface area contributed by atoms with Gasteiger partial charge in [0.1, 0.15) is 11.4 Å². The zero-order valence-corrected chi connectivity index (χ0v) is 17.1. The van der Waals surface area contributed by atoms with Crippen LogP contribution in [0.2, 0.25) is 0 Å². The molecule has 5 nitrogen and oxygen atoms in total. The zero-order valence-electron chi connectivity index (χ0n) is 16.2. The maximum absolute atomic E-state index is 13.1. The van der Waals surface area contributed by atoms with Gasteiger partial charge in [0.05, 0.1) is 17.8 Å². The van der Waals surface area contributed by atoms with Crippen molar-refractivity contribution in [3.8, 4) is 11.1 Å². The molecule has 2 aromatic heterocycles. The molecule has 0 saturated heterocycles. The van der Waals surface area contributed by atoms with Gasteiger partial charge >= 0.3 is 5.97 Å². The molecule has 0 radical (unpaired) electrons. The first-order chi connectivity index (χ1) is 13.6. The first kappa shape index (κ1) is 18.9. The summed E-state index contributed by atoms with van der Waals surface area (Å²) in [6.07, 6.45) is 6.71. The monoisotopic (exact) mass is 396 g/mol. The van der Waals surface area contributed by atoms with Crippen molar-refractivity contribution in [1.29, 1.82) is 0 Å². The largest absolute Gasteiger partial charge is 0.461 e. The van der Waals surface area contributed by atoms with Gasteiger partial charge in [0.25, 0.3) is 5.56 Å². The highest BCUT2D eigenvalue weighted by Gasteiger charge is 2.17. The number of ether oxygens (including phenoxy) is 1. The minimum Gasteiger partial charge on any atom is -0.461 e. The second kappa shape index (κ2) is 7.87. The molecule has 0 bridgehead atoms. The number of hydrogen-bond donors (Lipinski definition) is 0. The molecule has 0 aliphatic heterocycles.